The third kappa shape index (κ3) is 2.34. The molecule has 1 heterocycles. The summed E-state index contributed by atoms with van der Waals surface area (Å²) in [6.45, 7) is 0.918. The number of anilines is 1. The Morgan fingerprint density at radius 1 is 0.895 bits per heavy atom. The molecule has 2 heteroatoms. The molecule has 0 saturated heterocycles. The fraction of sp³-hybridized carbons (Fsp3) is 0.176. The second-order valence-corrected chi connectivity index (χ2v) is 5.06. The molecule has 0 amide bonds. The highest BCUT2D eigenvalue weighted by atomic mass is 15.1. The van der Waals surface area contributed by atoms with E-state index in [0.717, 1.165) is 6.54 Å². The summed E-state index contributed by atoms with van der Waals surface area (Å²) in [6, 6.07) is 19.4. The first-order valence-corrected chi connectivity index (χ1v) is 6.54. The molecule has 2 nitrogen and oxygen atoms in total. The summed E-state index contributed by atoms with van der Waals surface area (Å²) in [5.41, 5.74) is 3.85. The Kier molecular flexibility index (Phi) is 3.00. The van der Waals surface area contributed by atoms with E-state index in [2.05, 4.69) is 84.4 Å². The topological polar surface area (TPSA) is 8.17 Å². The van der Waals surface area contributed by atoms with Crippen molar-refractivity contribution in [1.82, 2.24) is 4.57 Å². The van der Waals surface area contributed by atoms with Gasteiger partial charge < -0.3 is 9.47 Å². The van der Waals surface area contributed by atoms with Crippen LogP contribution in [0.2, 0.25) is 0 Å². The van der Waals surface area contributed by atoms with E-state index in [1.165, 1.54) is 22.2 Å². The lowest BCUT2D eigenvalue weighted by Gasteiger charge is -2.13. The number of fused-ring (bicyclic) bond motifs is 1. The zero-order valence-electron chi connectivity index (χ0n) is 11.4. The third-order valence-corrected chi connectivity index (χ3v) is 3.49. The van der Waals surface area contributed by atoms with Gasteiger partial charge in [0.15, 0.2) is 0 Å². The largest absolute Gasteiger partial charge is 0.378 e. The van der Waals surface area contributed by atoms with E-state index in [4.69, 9.17) is 0 Å². The van der Waals surface area contributed by atoms with Crippen LogP contribution in [0.4, 0.5) is 5.69 Å². The molecule has 0 radical (unpaired) electrons. The van der Waals surface area contributed by atoms with Crippen LogP contribution >= 0.6 is 0 Å². The molecule has 0 bridgehead atoms. The van der Waals surface area contributed by atoms with Gasteiger partial charge in [-0.25, -0.2) is 0 Å². The number of rotatable bonds is 3. The summed E-state index contributed by atoms with van der Waals surface area (Å²) in [5.74, 6) is 0. The van der Waals surface area contributed by atoms with Crippen molar-refractivity contribution in [2.75, 3.05) is 19.0 Å². The first-order valence-electron chi connectivity index (χ1n) is 6.54. The predicted molar refractivity (Wildman–Crippen MR) is 81.8 cm³/mol. The summed E-state index contributed by atoms with van der Waals surface area (Å²) in [4.78, 5) is 2.12. The number of hydrogen-bond donors (Lipinski definition) is 0. The molecule has 0 unspecified atom stereocenters. The number of benzene rings is 2. The van der Waals surface area contributed by atoms with Crippen molar-refractivity contribution >= 4 is 16.6 Å². The summed E-state index contributed by atoms with van der Waals surface area (Å²) < 4.78 is 2.29. The van der Waals surface area contributed by atoms with Gasteiger partial charge in [-0.1, -0.05) is 30.3 Å². The lowest BCUT2D eigenvalue weighted by Crippen LogP contribution is -2.08. The number of nitrogens with zero attached hydrogens (tertiary/aromatic N) is 2. The van der Waals surface area contributed by atoms with Gasteiger partial charge in [-0.3, -0.25) is 0 Å². The van der Waals surface area contributed by atoms with Crippen LogP contribution < -0.4 is 4.90 Å². The highest BCUT2D eigenvalue weighted by Gasteiger charge is 2.01. The van der Waals surface area contributed by atoms with Crippen LogP contribution in [0.5, 0.6) is 0 Å². The van der Waals surface area contributed by atoms with Gasteiger partial charge in [-0.05, 0) is 35.2 Å². The maximum absolute atomic E-state index is 2.29. The molecular formula is C17H18N2. The maximum atomic E-state index is 2.29. The molecule has 0 saturated carbocycles. The molecule has 0 atom stereocenters. The molecule has 96 valence electrons. The molecule has 3 aromatic rings. The van der Waals surface area contributed by atoms with Gasteiger partial charge in [0.25, 0.3) is 0 Å². The van der Waals surface area contributed by atoms with Gasteiger partial charge in [-0.2, -0.15) is 0 Å². The van der Waals surface area contributed by atoms with Gasteiger partial charge in [0, 0.05) is 38.0 Å². The number of aromatic nitrogens is 1. The van der Waals surface area contributed by atoms with Gasteiger partial charge in [0.05, 0.1) is 0 Å². The molecule has 0 aliphatic carbocycles. The fourth-order valence-corrected chi connectivity index (χ4v) is 2.37. The molecule has 0 aliphatic rings. The fourth-order valence-electron chi connectivity index (χ4n) is 2.37. The minimum absolute atomic E-state index is 0.918. The van der Waals surface area contributed by atoms with E-state index in [1.807, 2.05) is 0 Å². The van der Waals surface area contributed by atoms with Gasteiger partial charge in [0.1, 0.15) is 0 Å². The molecule has 3 rings (SSSR count). The van der Waals surface area contributed by atoms with Crippen molar-refractivity contribution in [3.05, 3.63) is 66.4 Å². The first kappa shape index (κ1) is 11.8. The van der Waals surface area contributed by atoms with Gasteiger partial charge in [0.2, 0.25) is 0 Å². The van der Waals surface area contributed by atoms with Crippen molar-refractivity contribution in [3.63, 3.8) is 0 Å². The highest BCUT2D eigenvalue weighted by molar-refractivity contribution is 5.80. The van der Waals surface area contributed by atoms with E-state index in [9.17, 15) is 0 Å². The van der Waals surface area contributed by atoms with Crippen molar-refractivity contribution in [3.8, 4) is 0 Å². The monoisotopic (exact) mass is 250 g/mol. The van der Waals surface area contributed by atoms with Crippen LogP contribution in [0.15, 0.2) is 60.8 Å². The number of para-hydroxylation sites is 1. The standard InChI is InChI=1S/C17H18N2/c1-18(2)16-9-7-14(8-10-16)13-19-12-11-15-5-3-4-6-17(15)19/h3-12H,13H2,1-2H3. The van der Waals surface area contributed by atoms with E-state index >= 15 is 0 Å². The lowest BCUT2D eigenvalue weighted by molar-refractivity contribution is 0.836. The molecular weight excluding hydrogens is 232 g/mol. The Morgan fingerprint density at radius 3 is 2.37 bits per heavy atom. The summed E-state index contributed by atoms with van der Waals surface area (Å²) in [7, 11) is 4.13. The molecule has 19 heavy (non-hydrogen) atoms. The van der Waals surface area contributed by atoms with Gasteiger partial charge in [-0.15, -0.1) is 0 Å². The minimum atomic E-state index is 0.918. The average Bonchev–Trinajstić information content (AvgIpc) is 2.83. The third-order valence-electron chi connectivity index (χ3n) is 3.49. The molecule has 0 aliphatic heterocycles. The Balaban J connectivity index is 1.88. The van der Waals surface area contributed by atoms with Crippen LogP contribution in [-0.2, 0) is 6.54 Å². The van der Waals surface area contributed by atoms with E-state index in [0.29, 0.717) is 0 Å². The summed E-state index contributed by atoms with van der Waals surface area (Å²) in [5, 5.41) is 1.30. The molecule has 0 N–H and O–H groups in total. The smallest absolute Gasteiger partial charge is 0.0483 e. The molecule has 2 aromatic carbocycles. The van der Waals surface area contributed by atoms with Gasteiger partial charge >= 0.3 is 0 Å². The average molecular weight is 250 g/mol. The zero-order chi connectivity index (χ0) is 13.2. The molecule has 0 spiro atoms. The zero-order valence-corrected chi connectivity index (χ0v) is 11.4. The Labute approximate surface area is 113 Å². The highest BCUT2D eigenvalue weighted by Crippen LogP contribution is 2.18. The second kappa shape index (κ2) is 4.81. The second-order valence-electron chi connectivity index (χ2n) is 5.06. The van der Waals surface area contributed by atoms with E-state index in [-0.39, 0.29) is 0 Å². The Morgan fingerprint density at radius 2 is 1.63 bits per heavy atom. The van der Waals surface area contributed by atoms with Crippen LogP contribution in [0.3, 0.4) is 0 Å². The normalized spacial score (nSPS) is 10.8. The van der Waals surface area contributed by atoms with E-state index < -0.39 is 0 Å². The van der Waals surface area contributed by atoms with Crippen molar-refractivity contribution in [1.29, 1.82) is 0 Å². The lowest BCUT2D eigenvalue weighted by atomic mass is 10.2. The molecule has 1 aromatic heterocycles. The quantitative estimate of drug-likeness (QED) is 0.687. The number of hydrogen-bond acceptors (Lipinski definition) is 1. The molecule has 0 fully saturated rings. The minimum Gasteiger partial charge on any atom is -0.378 e. The SMILES string of the molecule is CN(C)c1ccc(Cn2ccc3ccccc32)cc1. The van der Waals surface area contributed by atoms with Crippen LogP contribution in [-0.4, -0.2) is 18.7 Å². The summed E-state index contributed by atoms with van der Waals surface area (Å²) >= 11 is 0. The van der Waals surface area contributed by atoms with Crippen LogP contribution in [0.1, 0.15) is 5.56 Å². The van der Waals surface area contributed by atoms with Crippen molar-refractivity contribution < 1.29 is 0 Å². The Hall–Kier alpha value is -2.22. The first-order chi connectivity index (χ1) is 9.24. The van der Waals surface area contributed by atoms with Crippen molar-refractivity contribution in [2.24, 2.45) is 0 Å². The van der Waals surface area contributed by atoms with E-state index in [1.54, 1.807) is 0 Å². The van der Waals surface area contributed by atoms with Crippen LogP contribution in [0, 0.1) is 0 Å². The Bertz CT molecular complexity index is 678. The van der Waals surface area contributed by atoms with Crippen LogP contribution in [0.25, 0.3) is 10.9 Å². The van der Waals surface area contributed by atoms with Crippen molar-refractivity contribution in [2.45, 2.75) is 6.54 Å². The predicted octanol–water partition coefficient (Wildman–Crippen LogP) is 3.76. The summed E-state index contributed by atoms with van der Waals surface area (Å²) in [6.07, 6.45) is 2.16. The maximum Gasteiger partial charge on any atom is 0.0483 e.